The number of aromatic nitrogens is 1. The average molecular weight is 283 g/mol. The van der Waals surface area contributed by atoms with Crippen LogP contribution in [0.5, 0.6) is 5.75 Å². The topological polar surface area (TPSA) is 80.3 Å². The number of anilines is 3. The molecule has 0 saturated carbocycles. The molecular weight excluding hydrogens is 270 g/mol. The van der Waals surface area contributed by atoms with E-state index in [0.29, 0.717) is 17.0 Å². The van der Waals surface area contributed by atoms with Gasteiger partial charge in [0.05, 0.1) is 18.3 Å². The number of pyridine rings is 1. The first-order valence-corrected chi connectivity index (χ1v) is 6.36. The molecule has 0 amide bonds. The number of hydrogen-bond donors (Lipinski definition) is 2. The van der Waals surface area contributed by atoms with Gasteiger partial charge in [0.2, 0.25) is 0 Å². The molecule has 0 unspecified atom stereocenters. The molecule has 0 spiro atoms. The number of ether oxygens (including phenoxy) is 1. The molecular formula is C15H13N3O3. The fourth-order valence-corrected chi connectivity index (χ4v) is 2.26. The summed E-state index contributed by atoms with van der Waals surface area (Å²) in [5.74, 6) is 0.641. The maximum Gasteiger partial charge on any atom is 0.253 e. The molecule has 0 aliphatic heterocycles. The van der Waals surface area contributed by atoms with Crippen LogP contribution < -0.4 is 26.2 Å². The molecule has 1 heterocycles. The van der Waals surface area contributed by atoms with Gasteiger partial charge < -0.3 is 15.4 Å². The van der Waals surface area contributed by atoms with Crippen molar-refractivity contribution in [2.45, 2.75) is 0 Å². The maximum atomic E-state index is 11.7. The van der Waals surface area contributed by atoms with Gasteiger partial charge in [-0.1, -0.05) is 6.07 Å². The molecule has 0 fully saturated rings. The van der Waals surface area contributed by atoms with Crippen molar-refractivity contribution in [1.29, 1.82) is 0 Å². The lowest BCUT2D eigenvalue weighted by Gasteiger charge is -2.14. The summed E-state index contributed by atoms with van der Waals surface area (Å²) in [6.07, 6.45) is 1.67. The first kappa shape index (κ1) is 13.1. The Kier molecular flexibility index (Phi) is 3.06. The first-order valence-electron chi connectivity index (χ1n) is 6.36. The van der Waals surface area contributed by atoms with Crippen molar-refractivity contribution in [3.05, 3.63) is 50.9 Å². The molecule has 0 aliphatic carbocycles. The van der Waals surface area contributed by atoms with Gasteiger partial charge >= 0.3 is 0 Å². The van der Waals surface area contributed by atoms with Gasteiger partial charge in [-0.3, -0.25) is 14.6 Å². The normalized spacial score (nSPS) is 10.8. The Morgan fingerprint density at radius 3 is 2.62 bits per heavy atom. The lowest BCUT2D eigenvalue weighted by molar-refractivity contribution is 0.415. The molecule has 0 atom stereocenters. The Morgan fingerprint density at radius 1 is 1.14 bits per heavy atom. The Morgan fingerprint density at radius 2 is 1.90 bits per heavy atom. The summed E-state index contributed by atoms with van der Waals surface area (Å²) in [6, 6.07) is 7.32. The van der Waals surface area contributed by atoms with Crippen molar-refractivity contribution >= 4 is 28.0 Å². The van der Waals surface area contributed by atoms with E-state index in [1.807, 2.05) is 18.2 Å². The molecule has 6 heteroatoms. The van der Waals surface area contributed by atoms with Crippen molar-refractivity contribution in [1.82, 2.24) is 4.98 Å². The summed E-state index contributed by atoms with van der Waals surface area (Å²) < 4.78 is 5.25. The van der Waals surface area contributed by atoms with Crippen LogP contribution in [-0.2, 0) is 0 Å². The number of nitrogens with zero attached hydrogens (tertiary/aromatic N) is 1. The van der Waals surface area contributed by atoms with Crippen molar-refractivity contribution < 1.29 is 4.74 Å². The van der Waals surface area contributed by atoms with E-state index in [1.165, 1.54) is 0 Å². The molecule has 0 saturated heterocycles. The standard InChI is InChI=1S/C15H13N3O3/c1-16-12-13(15(20)14(12)19)18-10-7-9(21-2)6-8-4-3-5-17-11(8)10/h3-7,16,18H,1-2H3. The third kappa shape index (κ3) is 2.01. The zero-order chi connectivity index (χ0) is 15.0. The van der Waals surface area contributed by atoms with E-state index in [4.69, 9.17) is 4.74 Å². The molecule has 6 nitrogen and oxygen atoms in total. The van der Waals surface area contributed by atoms with Gasteiger partial charge in [0.1, 0.15) is 17.1 Å². The van der Waals surface area contributed by atoms with E-state index < -0.39 is 10.9 Å². The minimum atomic E-state index is -0.536. The Bertz CT molecular complexity index is 895. The number of methoxy groups -OCH3 is 1. The second-order valence-electron chi connectivity index (χ2n) is 4.53. The third-order valence-electron chi connectivity index (χ3n) is 3.33. The average Bonchev–Trinajstić information content (AvgIpc) is 2.53. The molecule has 21 heavy (non-hydrogen) atoms. The number of benzene rings is 1. The summed E-state index contributed by atoms with van der Waals surface area (Å²) >= 11 is 0. The van der Waals surface area contributed by atoms with E-state index in [9.17, 15) is 9.59 Å². The van der Waals surface area contributed by atoms with E-state index in [1.54, 1.807) is 26.4 Å². The van der Waals surface area contributed by atoms with Gasteiger partial charge in [0, 0.05) is 24.7 Å². The minimum absolute atomic E-state index is 0.253. The van der Waals surface area contributed by atoms with Crippen LogP contribution in [0.3, 0.4) is 0 Å². The SMILES string of the molecule is CNc1c(Nc2cc(OC)cc3cccnc23)c(=O)c1=O. The van der Waals surface area contributed by atoms with Crippen molar-refractivity contribution in [2.75, 3.05) is 24.8 Å². The lowest BCUT2D eigenvalue weighted by Crippen LogP contribution is -2.35. The van der Waals surface area contributed by atoms with Crippen LogP contribution in [-0.4, -0.2) is 19.1 Å². The fraction of sp³-hybridized carbons (Fsp3) is 0.133. The molecule has 0 bridgehead atoms. The number of rotatable bonds is 4. The van der Waals surface area contributed by atoms with Gasteiger partial charge in [-0.15, -0.1) is 0 Å². The predicted molar refractivity (Wildman–Crippen MR) is 82.5 cm³/mol. The van der Waals surface area contributed by atoms with E-state index in [0.717, 1.165) is 5.39 Å². The highest BCUT2D eigenvalue weighted by Crippen LogP contribution is 2.30. The van der Waals surface area contributed by atoms with Crippen molar-refractivity contribution in [3.63, 3.8) is 0 Å². The molecule has 1 aromatic heterocycles. The van der Waals surface area contributed by atoms with Crippen LogP contribution in [0.1, 0.15) is 0 Å². The second kappa shape index (κ2) is 4.90. The fourth-order valence-electron chi connectivity index (χ4n) is 2.26. The molecule has 3 rings (SSSR count). The summed E-state index contributed by atoms with van der Waals surface area (Å²) in [7, 11) is 3.17. The van der Waals surface area contributed by atoms with E-state index in [2.05, 4.69) is 15.6 Å². The quantitative estimate of drug-likeness (QED) is 0.708. The van der Waals surface area contributed by atoms with Gasteiger partial charge in [0.25, 0.3) is 10.9 Å². The number of nitrogens with one attached hydrogen (secondary N) is 2. The minimum Gasteiger partial charge on any atom is -0.497 e. The van der Waals surface area contributed by atoms with Crippen LogP contribution in [0.4, 0.5) is 17.1 Å². The van der Waals surface area contributed by atoms with Crippen molar-refractivity contribution in [3.8, 4) is 5.75 Å². The zero-order valence-electron chi connectivity index (χ0n) is 11.6. The molecule has 0 radical (unpaired) electrons. The lowest BCUT2D eigenvalue weighted by atomic mass is 10.1. The maximum absolute atomic E-state index is 11.7. The highest BCUT2D eigenvalue weighted by atomic mass is 16.5. The summed E-state index contributed by atoms with van der Waals surface area (Å²) in [5, 5.41) is 6.58. The highest BCUT2D eigenvalue weighted by molar-refractivity contribution is 5.95. The van der Waals surface area contributed by atoms with Crippen LogP contribution in [0.15, 0.2) is 40.1 Å². The third-order valence-corrected chi connectivity index (χ3v) is 3.33. The van der Waals surface area contributed by atoms with E-state index in [-0.39, 0.29) is 11.4 Å². The molecule has 2 aromatic carbocycles. The van der Waals surface area contributed by atoms with Crippen LogP contribution in [0, 0.1) is 0 Å². The largest absolute Gasteiger partial charge is 0.497 e. The molecule has 2 N–H and O–H groups in total. The summed E-state index contributed by atoms with van der Waals surface area (Å²) in [5.41, 5.74) is 0.808. The predicted octanol–water partition coefficient (Wildman–Crippen LogP) is 1.62. The van der Waals surface area contributed by atoms with E-state index >= 15 is 0 Å². The smallest absolute Gasteiger partial charge is 0.253 e. The molecule has 3 aromatic rings. The Balaban J connectivity index is 2.14. The summed E-state index contributed by atoms with van der Waals surface area (Å²) in [6.45, 7) is 0. The Hall–Kier alpha value is -2.89. The highest BCUT2D eigenvalue weighted by Gasteiger charge is 2.20. The number of fused-ring (bicyclic) bond motifs is 1. The van der Waals surface area contributed by atoms with Crippen LogP contribution >= 0.6 is 0 Å². The number of hydrogen-bond acceptors (Lipinski definition) is 6. The molecule has 0 aliphatic rings. The first-order chi connectivity index (χ1) is 10.2. The van der Waals surface area contributed by atoms with Gasteiger partial charge in [-0.2, -0.15) is 0 Å². The van der Waals surface area contributed by atoms with Crippen LogP contribution in [0.25, 0.3) is 10.9 Å². The monoisotopic (exact) mass is 283 g/mol. The van der Waals surface area contributed by atoms with Gasteiger partial charge in [0.15, 0.2) is 0 Å². The molecule has 106 valence electrons. The zero-order valence-corrected chi connectivity index (χ0v) is 11.6. The summed E-state index contributed by atoms with van der Waals surface area (Å²) in [4.78, 5) is 27.4. The van der Waals surface area contributed by atoms with Gasteiger partial charge in [-0.05, 0) is 12.1 Å². The second-order valence-corrected chi connectivity index (χ2v) is 4.53. The van der Waals surface area contributed by atoms with Gasteiger partial charge in [-0.25, -0.2) is 0 Å². The Labute approximate surface area is 120 Å². The van der Waals surface area contributed by atoms with Crippen LogP contribution in [0.2, 0.25) is 0 Å². The van der Waals surface area contributed by atoms with Crippen molar-refractivity contribution in [2.24, 2.45) is 0 Å².